The number of furan rings is 1. The smallest absolute Gasteiger partial charge is 0.154 e. The SMILES string of the molecule is CC1(C)c2cc3c(cc2-c2c(C/N=C(\N=C\c4ccccc4)c4ccccc4)cccc21)oc1ccccc13. The summed E-state index contributed by atoms with van der Waals surface area (Å²) in [6.45, 7) is 5.17. The average molecular weight is 505 g/mol. The highest BCUT2D eigenvalue weighted by Gasteiger charge is 2.37. The fourth-order valence-electron chi connectivity index (χ4n) is 5.84. The number of benzene rings is 5. The van der Waals surface area contributed by atoms with Crippen LogP contribution in [0.3, 0.4) is 0 Å². The first kappa shape index (κ1) is 23.4. The van der Waals surface area contributed by atoms with Gasteiger partial charge >= 0.3 is 0 Å². The van der Waals surface area contributed by atoms with Crippen LogP contribution in [-0.2, 0) is 12.0 Å². The van der Waals surface area contributed by atoms with Crippen molar-refractivity contribution in [3.05, 3.63) is 143 Å². The Balaban J connectivity index is 1.34. The molecule has 0 amide bonds. The molecule has 7 rings (SSSR count). The van der Waals surface area contributed by atoms with Crippen LogP contribution in [0, 0.1) is 0 Å². The van der Waals surface area contributed by atoms with Crippen LogP contribution in [0.5, 0.6) is 0 Å². The first-order chi connectivity index (χ1) is 19.1. The zero-order valence-electron chi connectivity index (χ0n) is 22.1. The first-order valence-corrected chi connectivity index (χ1v) is 13.4. The number of hydrogen-bond donors (Lipinski definition) is 0. The van der Waals surface area contributed by atoms with Gasteiger partial charge in [0.1, 0.15) is 11.2 Å². The highest BCUT2D eigenvalue weighted by atomic mass is 16.3. The number of amidine groups is 1. The molecule has 1 aliphatic rings. The fraction of sp³-hybridized carbons (Fsp3) is 0.111. The van der Waals surface area contributed by atoms with E-state index in [1.807, 2.05) is 66.9 Å². The lowest BCUT2D eigenvalue weighted by Gasteiger charge is -2.21. The quantitative estimate of drug-likeness (QED) is 0.174. The molecule has 3 heteroatoms. The summed E-state index contributed by atoms with van der Waals surface area (Å²) in [7, 11) is 0. The highest BCUT2D eigenvalue weighted by Crippen LogP contribution is 2.52. The number of aliphatic imine (C=N–C) groups is 2. The summed E-state index contributed by atoms with van der Waals surface area (Å²) < 4.78 is 6.28. The monoisotopic (exact) mass is 504 g/mol. The average Bonchev–Trinajstić information content (AvgIpc) is 3.45. The van der Waals surface area contributed by atoms with Gasteiger partial charge < -0.3 is 4.42 Å². The number of para-hydroxylation sites is 1. The van der Waals surface area contributed by atoms with Crippen molar-refractivity contribution in [1.29, 1.82) is 0 Å². The van der Waals surface area contributed by atoms with Crippen molar-refractivity contribution in [2.24, 2.45) is 9.98 Å². The molecular formula is C36H28N2O. The van der Waals surface area contributed by atoms with E-state index in [1.54, 1.807) is 0 Å². The summed E-state index contributed by atoms with van der Waals surface area (Å²) in [5.74, 6) is 0.724. The van der Waals surface area contributed by atoms with Crippen molar-refractivity contribution in [2.45, 2.75) is 25.8 Å². The van der Waals surface area contributed by atoms with Crippen molar-refractivity contribution in [3.8, 4) is 11.1 Å². The Labute approximate surface area is 228 Å². The number of rotatable bonds is 4. The standard InChI is InChI=1S/C36H28N2O/c1-36(2)30-18-11-16-26(23-38-35(25-14-7-4-8-15-25)37-22-24-12-5-3-6-13-24)34(30)29-21-33-28(20-31(29)36)27-17-9-10-19-32(27)39-33/h3-22H,23H2,1-2H3/b37-22+,38-35-. The molecule has 39 heavy (non-hydrogen) atoms. The molecule has 3 nitrogen and oxygen atoms in total. The summed E-state index contributed by atoms with van der Waals surface area (Å²) in [6, 6.07) is 39.8. The van der Waals surface area contributed by atoms with E-state index in [2.05, 4.69) is 68.4 Å². The molecule has 1 aromatic heterocycles. The van der Waals surface area contributed by atoms with Crippen LogP contribution >= 0.6 is 0 Å². The van der Waals surface area contributed by atoms with E-state index >= 15 is 0 Å². The molecule has 0 atom stereocenters. The van der Waals surface area contributed by atoms with E-state index < -0.39 is 0 Å². The Morgan fingerprint density at radius 2 is 1.46 bits per heavy atom. The number of fused-ring (bicyclic) bond motifs is 6. The van der Waals surface area contributed by atoms with Crippen LogP contribution in [0.25, 0.3) is 33.1 Å². The van der Waals surface area contributed by atoms with E-state index in [1.165, 1.54) is 33.2 Å². The third kappa shape index (κ3) is 3.98. The zero-order chi connectivity index (χ0) is 26.4. The Bertz CT molecular complexity index is 1890. The second kappa shape index (κ2) is 9.21. The van der Waals surface area contributed by atoms with Gasteiger partial charge in [0, 0.05) is 28.0 Å². The molecule has 0 saturated heterocycles. The minimum atomic E-state index is -0.120. The maximum absolute atomic E-state index is 6.28. The highest BCUT2D eigenvalue weighted by molar-refractivity contribution is 6.08. The molecule has 1 heterocycles. The number of nitrogens with zero attached hydrogens (tertiary/aromatic N) is 2. The Morgan fingerprint density at radius 1 is 0.718 bits per heavy atom. The van der Waals surface area contributed by atoms with Crippen molar-refractivity contribution in [2.75, 3.05) is 0 Å². The van der Waals surface area contributed by atoms with E-state index in [0.717, 1.165) is 33.5 Å². The summed E-state index contributed by atoms with van der Waals surface area (Å²) in [4.78, 5) is 9.89. The van der Waals surface area contributed by atoms with Crippen LogP contribution in [-0.4, -0.2) is 12.1 Å². The Hall–Kier alpha value is -4.76. The van der Waals surface area contributed by atoms with Gasteiger partial charge in [-0.25, -0.2) is 4.99 Å². The van der Waals surface area contributed by atoms with E-state index in [4.69, 9.17) is 14.4 Å². The molecule has 0 N–H and O–H groups in total. The van der Waals surface area contributed by atoms with E-state index in [-0.39, 0.29) is 5.41 Å². The van der Waals surface area contributed by atoms with Crippen LogP contribution < -0.4 is 0 Å². The predicted octanol–water partition coefficient (Wildman–Crippen LogP) is 8.96. The predicted molar refractivity (Wildman–Crippen MR) is 162 cm³/mol. The topological polar surface area (TPSA) is 37.9 Å². The van der Waals surface area contributed by atoms with Crippen LogP contribution in [0.15, 0.2) is 130 Å². The molecule has 0 radical (unpaired) electrons. The lowest BCUT2D eigenvalue weighted by molar-refractivity contribution is 0.657. The van der Waals surface area contributed by atoms with Crippen molar-refractivity contribution < 1.29 is 4.42 Å². The zero-order valence-corrected chi connectivity index (χ0v) is 22.1. The van der Waals surface area contributed by atoms with E-state index in [0.29, 0.717) is 6.54 Å². The summed E-state index contributed by atoms with van der Waals surface area (Å²) in [6.07, 6.45) is 1.89. The summed E-state index contributed by atoms with van der Waals surface area (Å²) in [5, 5.41) is 2.34. The Morgan fingerprint density at radius 3 is 2.28 bits per heavy atom. The van der Waals surface area contributed by atoms with Gasteiger partial charge in [0.25, 0.3) is 0 Å². The largest absolute Gasteiger partial charge is 0.456 e. The maximum atomic E-state index is 6.28. The maximum Gasteiger partial charge on any atom is 0.154 e. The van der Waals surface area contributed by atoms with Gasteiger partial charge in [-0.3, -0.25) is 4.99 Å². The molecule has 0 fully saturated rings. The second-order valence-electron chi connectivity index (χ2n) is 10.6. The minimum Gasteiger partial charge on any atom is -0.456 e. The molecule has 0 unspecified atom stereocenters. The molecule has 188 valence electrons. The molecule has 1 aliphatic carbocycles. The molecule has 0 bridgehead atoms. The summed E-state index contributed by atoms with van der Waals surface area (Å²) >= 11 is 0. The fourth-order valence-corrected chi connectivity index (χ4v) is 5.84. The van der Waals surface area contributed by atoms with Crippen LogP contribution in [0.2, 0.25) is 0 Å². The third-order valence-electron chi connectivity index (χ3n) is 7.85. The lowest BCUT2D eigenvalue weighted by Crippen LogP contribution is -2.15. The normalized spacial score (nSPS) is 14.3. The molecule has 0 spiro atoms. The van der Waals surface area contributed by atoms with Crippen LogP contribution in [0.1, 0.15) is 41.7 Å². The van der Waals surface area contributed by atoms with Gasteiger partial charge in [-0.15, -0.1) is 0 Å². The minimum absolute atomic E-state index is 0.120. The molecular weight excluding hydrogens is 476 g/mol. The van der Waals surface area contributed by atoms with Gasteiger partial charge in [0.2, 0.25) is 0 Å². The molecule has 0 saturated carbocycles. The van der Waals surface area contributed by atoms with E-state index in [9.17, 15) is 0 Å². The van der Waals surface area contributed by atoms with Gasteiger partial charge in [0.15, 0.2) is 5.84 Å². The lowest BCUT2D eigenvalue weighted by atomic mass is 9.82. The van der Waals surface area contributed by atoms with Gasteiger partial charge in [-0.05, 0) is 51.6 Å². The first-order valence-electron chi connectivity index (χ1n) is 13.4. The van der Waals surface area contributed by atoms with Crippen molar-refractivity contribution in [3.63, 3.8) is 0 Å². The number of hydrogen-bond acceptors (Lipinski definition) is 2. The molecule has 0 aliphatic heterocycles. The molecule has 6 aromatic rings. The van der Waals surface area contributed by atoms with Crippen LogP contribution in [0.4, 0.5) is 0 Å². The summed E-state index contributed by atoms with van der Waals surface area (Å²) in [5.41, 5.74) is 10.1. The van der Waals surface area contributed by atoms with Gasteiger partial charge in [-0.2, -0.15) is 0 Å². The molecule has 5 aromatic carbocycles. The second-order valence-corrected chi connectivity index (χ2v) is 10.6. The van der Waals surface area contributed by atoms with Gasteiger partial charge in [-0.1, -0.05) is 111 Å². The van der Waals surface area contributed by atoms with Crippen molar-refractivity contribution in [1.82, 2.24) is 0 Å². The van der Waals surface area contributed by atoms with Crippen molar-refractivity contribution >= 4 is 34.0 Å². The van der Waals surface area contributed by atoms with Gasteiger partial charge in [0.05, 0.1) is 6.54 Å². The Kier molecular flexibility index (Phi) is 5.52. The third-order valence-corrected chi connectivity index (χ3v) is 7.85.